The Balaban J connectivity index is 2.16. The van der Waals surface area contributed by atoms with Crippen molar-refractivity contribution in [2.75, 3.05) is 7.11 Å². The summed E-state index contributed by atoms with van der Waals surface area (Å²) in [6.45, 7) is 6.67. The van der Waals surface area contributed by atoms with Crippen molar-refractivity contribution in [1.82, 2.24) is 5.32 Å². The van der Waals surface area contributed by atoms with E-state index in [2.05, 4.69) is 56.4 Å². The number of fused-ring (bicyclic) bond motifs is 1. The summed E-state index contributed by atoms with van der Waals surface area (Å²) in [6, 6.07) is 13.7. The Labute approximate surface area is 133 Å². The van der Waals surface area contributed by atoms with Crippen molar-refractivity contribution in [3.8, 4) is 5.75 Å². The van der Waals surface area contributed by atoms with Crippen molar-refractivity contribution >= 4 is 0 Å². The molecule has 1 aliphatic rings. The van der Waals surface area contributed by atoms with Gasteiger partial charge in [-0.3, -0.25) is 0 Å². The molecule has 2 aromatic carbocycles. The van der Waals surface area contributed by atoms with E-state index in [4.69, 9.17) is 4.74 Å². The Morgan fingerprint density at radius 2 is 1.91 bits per heavy atom. The van der Waals surface area contributed by atoms with Gasteiger partial charge in [0, 0.05) is 11.6 Å². The van der Waals surface area contributed by atoms with E-state index < -0.39 is 0 Å². The molecular formula is C20H25NO. The van der Waals surface area contributed by atoms with E-state index in [1.807, 2.05) is 6.07 Å². The van der Waals surface area contributed by atoms with Gasteiger partial charge in [-0.2, -0.15) is 0 Å². The van der Waals surface area contributed by atoms with Gasteiger partial charge >= 0.3 is 0 Å². The lowest BCUT2D eigenvalue weighted by Gasteiger charge is -2.35. The number of hydrogen-bond acceptors (Lipinski definition) is 2. The SMILES string of the molecule is CCC1Cc2c(C)cc(C)cc2C(c2ccccc2OC)N1. The highest BCUT2D eigenvalue weighted by atomic mass is 16.5. The standard InChI is InChI=1S/C20H25NO/c1-5-15-12-17-14(3)10-13(2)11-18(17)20(21-15)16-8-6-7-9-19(16)22-4/h6-11,15,20-21H,5,12H2,1-4H3. The van der Waals surface area contributed by atoms with Gasteiger partial charge in [-0.1, -0.05) is 42.8 Å². The van der Waals surface area contributed by atoms with E-state index in [1.54, 1.807) is 7.11 Å². The monoisotopic (exact) mass is 295 g/mol. The maximum Gasteiger partial charge on any atom is 0.123 e. The molecule has 0 aromatic heterocycles. The van der Waals surface area contributed by atoms with Crippen LogP contribution in [-0.4, -0.2) is 13.2 Å². The van der Waals surface area contributed by atoms with Gasteiger partial charge in [-0.05, 0) is 49.4 Å². The highest BCUT2D eigenvalue weighted by molar-refractivity contribution is 5.49. The van der Waals surface area contributed by atoms with Gasteiger partial charge in [-0.25, -0.2) is 0 Å². The third-order valence-electron chi connectivity index (χ3n) is 4.76. The molecule has 1 aliphatic heterocycles. The highest BCUT2D eigenvalue weighted by Gasteiger charge is 2.29. The van der Waals surface area contributed by atoms with Crippen molar-refractivity contribution < 1.29 is 4.74 Å². The quantitative estimate of drug-likeness (QED) is 0.910. The predicted octanol–water partition coefficient (Wildman–Crippen LogP) is 4.33. The maximum atomic E-state index is 5.60. The zero-order valence-electron chi connectivity index (χ0n) is 13.9. The molecule has 0 spiro atoms. The van der Waals surface area contributed by atoms with E-state index in [-0.39, 0.29) is 6.04 Å². The van der Waals surface area contributed by atoms with E-state index in [9.17, 15) is 0 Å². The number of ether oxygens (including phenoxy) is 1. The number of hydrogen-bond donors (Lipinski definition) is 1. The van der Waals surface area contributed by atoms with Crippen LogP contribution in [-0.2, 0) is 6.42 Å². The number of methoxy groups -OCH3 is 1. The topological polar surface area (TPSA) is 21.3 Å². The summed E-state index contributed by atoms with van der Waals surface area (Å²) in [5.41, 5.74) is 6.89. The largest absolute Gasteiger partial charge is 0.496 e. The molecule has 0 amide bonds. The van der Waals surface area contributed by atoms with Gasteiger partial charge in [0.15, 0.2) is 0 Å². The number of aryl methyl sites for hydroxylation is 2. The molecule has 116 valence electrons. The molecule has 2 aromatic rings. The normalized spacial score (nSPS) is 20.5. The first-order chi connectivity index (χ1) is 10.6. The fourth-order valence-electron chi connectivity index (χ4n) is 3.62. The molecule has 1 heterocycles. The van der Waals surface area contributed by atoms with Crippen LogP contribution in [0.1, 0.15) is 47.2 Å². The van der Waals surface area contributed by atoms with Gasteiger partial charge in [0.05, 0.1) is 13.2 Å². The van der Waals surface area contributed by atoms with Crippen molar-refractivity contribution in [2.45, 2.75) is 45.7 Å². The number of nitrogens with one attached hydrogen (secondary N) is 1. The van der Waals surface area contributed by atoms with Crippen LogP contribution in [0.4, 0.5) is 0 Å². The average Bonchev–Trinajstić information content (AvgIpc) is 2.54. The summed E-state index contributed by atoms with van der Waals surface area (Å²) in [7, 11) is 1.75. The second kappa shape index (κ2) is 6.13. The molecule has 0 aliphatic carbocycles. The Hall–Kier alpha value is -1.80. The summed E-state index contributed by atoms with van der Waals surface area (Å²) in [4.78, 5) is 0. The van der Waals surface area contributed by atoms with Crippen LogP contribution in [0.15, 0.2) is 36.4 Å². The first kappa shape index (κ1) is 15.1. The predicted molar refractivity (Wildman–Crippen MR) is 91.7 cm³/mol. The highest BCUT2D eigenvalue weighted by Crippen LogP contribution is 2.37. The van der Waals surface area contributed by atoms with Crippen molar-refractivity contribution in [1.29, 1.82) is 0 Å². The zero-order chi connectivity index (χ0) is 15.7. The van der Waals surface area contributed by atoms with Gasteiger partial charge in [0.2, 0.25) is 0 Å². The van der Waals surface area contributed by atoms with E-state index in [0.29, 0.717) is 6.04 Å². The maximum absolute atomic E-state index is 5.60. The first-order valence-electron chi connectivity index (χ1n) is 8.13. The molecular weight excluding hydrogens is 270 g/mol. The van der Waals surface area contributed by atoms with Crippen LogP contribution < -0.4 is 10.1 Å². The van der Waals surface area contributed by atoms with Crippen molar-refractivity contribution in [3.05, 3.63) is 64.2 Å². The summed E-state index contributed by atoms with van der Waals surface area (Å²) >= 11 is 0. The molecule has 2 atom stereocenters. The third kappa shape index (κ3) is 2.64. The lowest BCUT2D eigenvalue weighted by molar-refractivity contribution is 0.386. The summed E-state index contributed by atoms with van der Waals surface area (Å²) in [6.07, 6.45) is 2.25. The molecule has 3 rings (SSSR count). The van der Waals surface area contributed by atoms with Crippen LogP contribution in [0.3, 0.4) is 0 Å². The van der Waals surface area contributed by atoms with Crippen molar-refractivity contribution in [3.63, 3.8) is 0 Å². The Bertz CT molecular complexity index is 677. The minimum Gasteiger partial charge on any atom is -0.496 e. The molecule has 2 unspecified atom stereocenters. The molecule has 0 saturated heterocycles. The Morgan fingerprint density at radius 3 is 2.64 bits per heavy atom. The van der Waals surface area contributed by atoms with Crippen molar-refractivity contribution in [2.24, 2.45) is 0 Å². The molecule has 0 fully saturated rings. The number of benzene rings is 2. The van der Waals surface area contributed by atoms with Crippen LogP contribution in [0.25, 0.3) is 0 Å². The van der Waals surface area contributed by atoms with Gasteiger partial charge < -0.3 is 10.1 Å². The molecule has 1 N–H and O–H groups in total. The number of rotatable bonds is 3. The van der Waals surface area contributed by atoms with Crippen LogP contribution in [0, 0.1) is 13.8 Å². The molecule has 0 bridgehead atoms. The van der Waals surface area contributed by atoms with E-state index in [0.717, 1.165) is 18.6 Å². The van der Waals surface area contributed by atoms with Crippen LogP contribution in [0.5, 0.6) is 5.75 Å². The summed E-state index contributed by atoms with van der Waals surface area (Å²) in [5, 5.41) is 3.82. The molecule has 22 heavy (non-hydrogen) atoms. The van der Waals surface area contributed by atoms with E-state index in [1.165, 1.54) is 27.8 Å². The minimum atomic E-state index is 0.212. The summed E-state index contributed by atoms with van der Waals surface area (Å²) < 4.78 is 5.60. The molecule has 0 saturated carbocycles. The lowest BCUT2D eigenvalue weighted by Crippen LogP contribution is -2.40. The van der Waals surface area contributed by atoms with Gasteiger partial charge in [-0.15, -0.1) is 0 Å². The minimum absolute atomic E-state index is 0.212. The number of para-hydroxylation sites is 1. The summed E-state index contributed by atoms with van der Waals surface area (Å²) in [5.74, 6) is 0.960. The van der Waals surface area contributed by atoms with Gasteiger partial charge in [0.1, 0.15) is 5.75 Å². The molecule has 2 nitrogen and oxygen atoms in total. The second-order valence-electron chi connectivity index (χ2n) is 6.30. The fourth-order valence-corrected chi connectivity index (χ4v) is 3.62. The smallest absolute Gasteiger partial charge is 0.123 e. The molecule has 2 heteroatoms. The third-order valence-corrected chi connectivity index (χ3v) is 4.76. The fraction of sp³-hybridized carbons (Fsp3) is 0.400. The second-order valence-corrected chi connectivity index (χ2v) is 6.30. The zero-order valence-corrected chi connectivity index (χ0v) is 13.9. The lowest BCUT2D eigenvalue weighted by atomic mass is 9.82. The average molecular weight is 295 g/mol. The molecule has 0 radical (unpaired) electrons. The van der Waals surface area contributed by atoms with Crippen LogP contribution >= 0.6 is 0 Å². The van der Waals surface area contributed by atoms with Gasteiger partial charge in [0.25, 0.3) is 0 Å². The first-order valence-corrected chi connectivity index (χ1v) is 8.13. The van der Waals surface area contributed by atoms with E-state index >= 15 is 0 Å². The Kier molecular flexibility index (Phi) is 4.21. The van der Waals surface area contributed by atoms with Crippen LogP contribution in [0.2, 0.25) is 0 Å². The Morgan fingerprint density at radius 1 is 1.14 bits per heavy atom.